The van der Waals surface area contributed by atoms with Crippen molar-refractivity contribution in [3.8, 4) is 0 Å². The summed E-state index contributed by atoms with van der Waals surface area (Å²) in [6.07, 6.45) is 6.42. The van der Waals surface area contributed by atoms with Crippen molar-refractivity contribution >= 4 is 23.4 Å². The third-order valence-corrected chi connectivity index (χ3v) is 3.65. The normalized spacial score (nSPS) is 10.4. The van der Waals surface area contributed by atoms with Crippen LogP contribution in [0.2, 0.25) is 0 Å². The Labute approximate surface area is 145 Å². The van der Waals surface area contributed by atoms with E-state index in [-0.39, 0.29) is 6.61 Å². The predicted molar refractivity (Wildman–Crippen MR) is 98.5 cm³/mol. The molecule has 2 heterocycles. The molecule has 0 aliphatic rings. The smallest absolute Gasteiger partial charge is 0.132 e. The molecule has 0 aliphatic carbocycles. The Morgan fingerprint density at radius 3 is 2.80 bits per heavy atom. The highest BCUT2D eigenvalue weighted by molar-refractivity contribution is 5.86. The molecule has 0 atom stereocenters. The SMILES string of the molecule is N=Cc1cnc(Nc2cnn(CCO)c2)cc1NCc1ccccc1. The van der Waals surface area contributed by atoms with E-state index in [1.165, 1.54) is 6.21 Å². The average Bonchev–Trinajstić information content (AvgIpc) is 3.08. The molecule has 128 valence electrons. The van der Waals surface area contributed by atoms with E-state index in [0.29, 0.717) is 18.9 Å². The topological polar surface area (TPSA) is 98.9 Å². The fraction of sp³-hybridized carbons (Fsp3) is 0.167. The number of aliphatic hydroxyl groups is 1. The molecule has 0 saturated heterocycles. The number of aliphatic hydroxyl groups excluding tert-OH is 1. The van der Waals surface area contributed by atoms with Crippen molar-refractivity contribution in [2.45, 2.75) is 13.1 Å². The van der Waals surface area contributed by atoms with Crippen LogP contribution in [0.25, 0.3) is 0 Å². The van der Waals surface area contributed by atoms with Gasteiger partial charge in [-0.1, -0.05) is 30.3 Å². The highest BCUT2D eigenvalue weighted by Gasteiger charge is 2.05. The van der Waals surface area contributed by atoms with Crippen molar-refractivity contribution in [2.75, 3.05) is 17.2 Å². The van der Waals surface area contributed by atoms with E-state index in [9.17, 15) is 0 Å². The van der Waals surface area contributed by atoms with Gasteiger partial charge >= 0.3 is 0 Å². The highest BCUT2D eigenvalue weighted by Crippen LogP contribution is 2.21. The molecule has 0 bridgehead atoms. The van der Waals surface area contributed by atoms with Gasteiger partial charge in [-0.05, 0) is 5.56 Å². The van der Waals surface area contributed by atoms with Gasteiger partial charge in [-0.15, -0.1) is 0 Å². The zero-order valence-corrected chi connectivity index (χ0v) is 13.7. The van der Waals surface area contributed by atoms with Crippen LogP contribution in [0.15, 0.2) is 55.0 Å². The van der Waals surface area contributed by atoms with Crippen LogP contribution in [0.5, 0.6) is 0 Å². The number of nitrogens with one attached hydrogen (secondary N) is 3. The first kappa shape index (κ1) is 16.7. The molecule has 3 rings (SSSR count). The Balaban J connectivity index is 1.73. The van der Waals surface area contributed by atoms with Crippen molar-refractivity contribution in [1.82, 2.24) is 14.8 Å². The van der Waals surface area contributed by atoms with Gasteiger partial charge < -0.3 is 21.1 Å². The first-order valence-corrected chi connectivity index (χ1v) is 7.97. The molecule has 7 nitrogen and oxygen atoms in total. The fourth-order valence-electron chi connectivity index (χ4n) is 2.40. The second-order valence-corrected chi connectivity index (χ2v) is 5.48. The molecular weight excluding hydrogens is 316 g/mol. The maximum Gasteiger partial charge on any atom is 0.132 e. The summed E-state index contributed by atoms with van der Waals surface area (Å²) >= 11 is 0. The Morgan fingerprint density at radius 2 is 2.04 bits per heavy atom. The minimum Gasteiger partial charge on any atom is -0.394 e. The van der Waals surface area contributed by atoms with E-state index in [1.54, 1.807) is 23.3 Å². The van der Waals surface area contributed by atoms with Crippen LogP contribution in [-0.2, 0) is 13.1 Å². The number of rotatable bonds is 8. The lowest BCUT2D eigenvalue weighted by molar-refractivity contribution is 0.269. The van der Waals surface area contributed by atoms with E-state index < -0.39 is 0 Å². The molecule has 1 aromatic carbocycles. The third-order valence-electron chi connectivity index (χ3n) is 3.65. The van der Waals surface area contributed by atoms with Crippen LogP contribution < -0.4 is 10.6 Å². The molecule has 0 aliphatic heterocycles. The standard InChI is InChI=1S/C18H20N6O/c19-9-15-11-21-18(23-16-12-22-24(13-16)6-7-25)8-17(15)20-10-14-4-2-1-3-5-14/h1-5,8-9,11-13,19,25H,6-7,10H2,(H2,20,21,23). The Morgan fingerprint density at radius 1 is 1.20 bits per heavy atom. The summed E-state index contributed by atoms with van der Waals surface area (Å²) in [5.74, 6) is 0.657. The lowest BCUT2D eigenvalue weighted by Gasteiger charge is -2.11. The van der Waals surface area contributed by atoms with Crippen LogP contribution in [-0.4, -0.2) is 32.7 Å². The van der Waals surface area contributed by atoms with Gasteiger partial charge in [0.1, 0.15) is 5.82 Å². The summed E-state index contributed by atoms with van der Waals surface area (Å²) in [5.41, 5.74) is 3.50. The van der Waals surface area contributed by atoms with Crippen LogP contribution in [0, 0.1) is 5.41 Å². The minimum absolute atomic E-state index is 0.0426. The lowest BCUT2D eigenvalue weighted by Crippen LogP contribution is -2.04. The van der Waals surface area contributed by atoms with Crippen molar-refractivity contribution in [1.29, 1.82) is 5.41 Å². The monoisotopic (exact) mass is 336 g/mol. The Bertz CT molecular complexity index is 831. The minimum atomic E-state index is 0.0426. The molecule has 3 aromatic rings. The van der Waals surface area contributed by atoms with Gasteiger partial charge in [-0.3, -0.25) is 4.68 Å². The van der Waals surface area contributed by atoms with E-state index in [2.05, 4.69) is 20.7 Å². The van der Waals surface area contributed by atoms with E-state index in [0.717, 1.165) is 22.5 Å². The predicted octanol–water partition coefficient (Wildman–Crippen LogP) is 2.62. The summed E-state index contributed by atoms with van der Waals surface area (Å²) in [7, 11) is 0. The summed E-state index contributed by atoms with van der Waals surface area (Å²) in [6, 6.07) is 11.9. The van der Waals surface area contributed by atoms with Crippen molar-refractivity contribution in [3.63, 3.8) is 0 Å². The quantitative estimate of drug-likeness (QED) is 0.474. The van der Waals surface area contributed by atoms with E-state index in [4.69, 9.17) is 10.5 Å². The zero-order valence-electron chi connectivity index (χ0n) is 13.7. The number of pyridine rings is 1. The van der Waals surface area contributed by atoms with Crippen molar-refractivity contribution in [3.05, 3.63) is 66.1 Å². The largest absolute Gasteiger partial charge is 0.394 e. The molecule has 0 radical (unpaired) electrons. The average molecular weight is 336 g/mol. The van der Waals surface area contributed by atoms with Crippen LogP contribution in [0.3, 0.4) is 0 Å². The molecule has 0 spiro atoms. The summed E-state index contributed by atoms with van der Waals surface area (Å²) in [6.45, 7) is 1.16. The van der Waals surface area contributed by atoms with Gasteiger partial charge in [0.2, 0.25) is 0 Å². The first-order valence-electron chi connectivity index (χ1n) is 7.97. The number of hydrogen-bond acceptors (Lipinski definition) is 6. The molecule has 0 fully saturated rings. The van der Waals surface area contributed by atoms with Gasteiger partial charge in [0.25, 0.3) is 0 Å². The van der Waals surface area contributed by atoms with Crippen molar-refractivity contribution < 1.29 is 5.11 Å². The van der Waals surface area contributed by atoms with Crippen LogP contribution in [0.1, 0.15) is 11.1 Å². The number of nitrogens with zero attached hydrogens (tertiary/aromatic N) is 3. The van der Waals surface area contributed by atoms with Gasteiger partial charge in [-0.2, -0.15) is 5.10 Å². The highest BCUT2D eigenvalue weighted by atomic mass is 16.3. The van der Waals surface area contributed by atoms with Gasteiger partial charge in [0, 0.05) is 42.5 Å². The second-order valence-electron chi connectivity index (χ2n) is 5.48. The summed E-state index contributed by atoms with van der Waals surface area (Å²) < 4.78 is 1.66. The van der Waals surface area contributed by atoms with Crippen molar-refractivity contribution in [2.24, 2.45) is 0 Å². The zero-order chi connectivity index (χ0) is 17.5. The van der Waals surface area contributed by atoms with E-state index >= 15 is 0 Å². The number of anilines is 3. The Hall–Kier alpha value is -3.19. The van der Waals surface area contributed by atoms with E-state index in [1.807, 2.05) is 36.4 Å². The molecule has 0 saturated carbocycles. The molecule has 7 heteroatoms. The summed E-state index contributed by atoms with van der Waals surface area (Å²) in [5, 5.41) is 27.2. The van der Waals surface area contributed by atoms with Gasteiger partial charge in [0.15, 0.2) is 0 Å². The molecule has 4 N–H and O–H groups in total. The van der Waals surface area contributed by atoms with Crippen LogP contribution in [0.4, 0.5) is 17.2 Å². The fourth-order valence-corrected chi connectivity index (χ4v) is 2.40. The number of benzene rings is 1. The molecular formula is C18H20N6O. The maximum atomic E-state index is 8.94. The van der Waals surface area contributed by atoms with Gasteiger partial charge in [-0.25, -0.2) is 4.98 Å². The molecule has 2 aromatic heterocycles. The Kier molecular flexibility index (Phi) is 5.38. The first-order chi connectivity index (χ1) is 12.3. The molecule has 0 unspecified atom stereocenters. The molecule has 0 amide bonds. The number of aromatic nitrogens is 3. The number of hydrogen-bond donors (Lipinski definition) is 4. The lowest BCUT2D eigenvalue weighted by atomic mass is 10.2. The molecule has 25 heavy (non-hydrogen) atoms. The van der Waals surface area contributed by atoms with Crippen LogP contribution >= 0.6 is 0 Å². The third kappa shape index (κ3) is 4.42. The second kappa shape index (κ2) is 8.07. The van der Waals surface area contributed by atoms with Gasteiger partial charge in [0.05, 0.1) is 25.0 Å². The summed E-state index contributed by atoms with van der Waals surface area (Å²) in [4.78, 5) is 4.33. The maximum absolute atomic E-state index is 8.94.